The molecular formula is C15H22N4O. The molecule has 1 aromatic rings. The van der Waals surface area contributed by atoms with E-state index < -0.39 is 0 Å². The lowest BCUT2D eigenvalue weighted by atomic mass is 10.1. The van der Waals surface area contributed by atoms with Crippen LogP contribution in [0.3, 0.4) is 0 Å². The highest BCUT2D eigenvalue weighted by Gasteiger charge is 2.35. The maximum absolute atomic E-state index is 11.7. The van der Waals surface area contributed by atoms with Crippen molar-refractivity contribution in [3.05, 3.63) is 24.0 Å². The largest absolute Gasteiger partial charge is 0.366 e. The summed E-state index contributed by atoms with van der Waals surface area (Å²) in [6.45, 7) is 4.71. The topological polar surface area (TPSA) is 62.5 Å². The predicted molar refractivity (Wildman–Crippen MR) is 78.4 cm³/mol. The minimum Gasteiger partial charge on any atom is -0.366 e. The number of piperazine rings is 1. The van der Waals surface area contributed by atoms with Crippen LogP contribution >= 0.6 is 0 Å². The second-order valence-corrected chi connectivity index (χ2v) is 5.68. The van der Waals surface area contributed by atoms with Crippen molar-refractivity contribution in [1.82, 2.24) is 9.88 Å². The van der Waals surface area contributed by atoms with Gasteiger partial charge in [0.15, 0.2) is 0 Å². The van der Waals surface area contributed by atoms with Gasteiger partial charge in [0.2, 0.25) is 5.91 Å². The molecule has 2 fully saturated rings. The van der Waals surface area contributed by atoms with E-state index in [0.717, 1.165) is 43.9 Å². The van der Waals surface area contributed by atoms with E-state index >= 15 is 0 Å². The number of hydrogen-bond donors (Lipinski definition) is 1. The smallest absolute Gasteiger partial charge is 0.223 e. The summed E-state index contributed by atoms with van der Waals surface area (Å²) in [5.41, 5.74) is 8.07. The number of nitrogens with two attached hydrogens (primary N) is 1. The number of aromatic nitrogens is 1. The number of fused-ring (bicyclic) bond motifs is 1. The molecule has 108 valence electrons. The number of anilines is 1. The van der Waals surface area contributed by atoms with Crippen LogP contribution in [0.5, 0.6) is 0 Å². The molecule has 2 aliphatic rings. The van der Waals surface area contributed by atoms with Crippen molar-refractivity contribution in [2.24, 2.45) is 5.73 Å². The second-order valence-electron chi connectivity index (χ2n) is 5.68. The summed E-state index contributed by atoms with van der Waals surface area (Å²) in [5.74, 6) is 0.317. The number of pyridine rings is 1. The molecule has 2 saturated heterocycles. The number of rotatable bonds is 3. The summed E-state index contributed by atoms with van der Waals surface area (Å²) >= 11 is 0. The molecule has 0 radical (unpaired) electrons. The van der Waals surface area contributed by atoms with Crippen LogP contribution in [0.1, 0.15) is 37.9 Å². The Morgan fingerprint density at radius 1 is 1.45 bits per heavy atom. The Balaban J connectivity index is 1.69. The van der Waals surface area contributed by atoms with Gasteiger partial charge in [-0.15, -0.1) is 0 Å². The van der Waals surface area contributed by atoms with E-state index in [1.54, 1.807) is 0 Å². The van der Waals surface area contributed by atoms with Gasteiger partial charge in [-0.05, 0) is 25.0 Å². The Morgan fingerprint density at radius 3 is 3.00 bits per heavy atom. The van der Waals surface area contributed by atoms with Crippen LogP contribution in [0.4, 0.5) is 5.69 Å². The third-order valence-electron chi connectivity index (χ3n) is 4.45. The molecule has 3 rings (SSSR count). The summed E-state index contributed by atoms with van der Waals surface area (Å²) in [5, 5.41) is 0. The lowest BCUT2D eigenvalue weighted by Crippen LogP contribution is -2.51. The van der Waals surface area contributed by atoms with Gasteiger partial charge in [-0.1, -0.05) is 6.92 Å². The van der Waals surface area contributed by atoms with Gasteiger partial charge in [-0.3, -0.25) is 9.78 Å². The zero-order chi connectivity index (χ0) is 14.1. The van der Waals surface area contributed by atoms with Gasteiger partial charge in [0.05, 0.1) is 17.6 Å². The van der Waals surface area contributed by atoms with Crippen molar-refractivity contribution in [2.75, 3.05) is 24.5 Å². The molecule has 20 heavy (non-hydrogen) atoms. The van der Waals surface area contributed by atoms with E-state index in [1.165, 1.54) is 0 Å². The zero-order valence-electron chi connectivity index (χ0n) is 12.0. The molecule has 0 bridgehead atoms. The highest BCUT2D eigenvalue weighted by Crippen LogP contribution is 2.26. The molecule has 1 amide bonds. The van der Waals surface area contributed by atoms with Crippen LogP contribution in [-0.4, -0.2) is 41.5 Å². The Morgan fingerprint density at radius 2 is 2.30 bits per heavy atom. The lowest BCUT2D eigenvalue weighted by Gasteiger charge is -2.38. The molecule has 0 aliphatic carbocycles. The first kappa shape index (κ1) is 13.4. The lowest BCUT2D eigenvalue weighted by molar-refractivity contribution is -0.129. The summed E-state index contributed by atoms with van der Waals surface area (Å²) < 4.78 is 0. The number of nitrogens with zero attached hydrogens (tertiary/aromatic N) is 3. The average Bonchev–Trinajstić information content (AvgIpc) is 2.87. The van der Waals surface area contributed by atoms with Gasteiger partial charge in [-0.25, -0.2) is 0 Å². The quantitative estimate of drug-likeness (QED) is 0.902. The van der Waals surface area contributed by atoms with Crippen LogP contribution in [0, 0.1) is 0 Å². The first-order valence-corrected chi connectivity index (χ1v) is 7.45. The molecule has 0 aromatic carbocycles. The third kappa shape index (κ3) is 2.38. The molecule has 5 nitrogen and oxygen atoms in total. The molecule has 1 unspecified atom stereocenters. The van der Waals surface area contributed by atoms with Gasteiger partial charge in [0.25, 0.3) is 0 Å². The minimum absolute atomic E-state index is 0.0216. The molecule has 3 heterocycles. The minimum atomic E-state index is 0.0216. The van der Waals surface area contributed by atoms with E-state index in [2.05, 4.69) is 22.9 Å². The molecule has 2 atom stereocenters. The Kier molecular flexibility index (Phi) is 3.61. The summed E-state index contributed by atoms with van der Waals surface area (Å²) in [6, 6.07) is 4.53. The van der Waals surface area contributed by atoms with Gasteiger partial charge in [0.1, 0.15) is 0 Å². The number of carbonyl (C=O) groups excluding carboxylic acids is 1. The van der Waals surface area contributed by atoms with Gasteiger partial charge >= 0.3 is 0 Å². The van der Waals surface area contributed by atoms with Gasteiger partial charge in [-0.2, -0.15) is 0 Å². The fourth-order valence-electron chi connectivity index (χ4n) is 3.11. The first-order chi connectivity index (χ1) is 9.69. The van der Waals surface area contributed by atoms with Crippen molar-refractivity contribution in [2.45, 2.75) is 38.3 Å². The van der Waals surface area contributed by atoms with E-state index in [4.69, 9.17) is 5.73 Å². The normalized spacial score (nSPS) is 23.9. The number of amides is 1. The maximum atomic E-state index is 11.7. The summed E-state index contributed by atoms with van der Waals surface area (Å²) in [6.07, 6.45) is 4.51. The van der Waals surface area contributed by atoms with Crippen molar-refractivity contribution in [3.8, 4) is 0 Å². The first-order valence-electron chi connectivity index (χ1n) is 7.45. The third-order valence-corrected chi connectivity index (χ3v) is 4.45. The number of carbonyl (C=O) groups is 1. The highest BCUT2D eigenvalue weighted by atomic mass is 16.2. The Labute approximate surface area is 119 Å². The van der Waals surface area contributed by atoms with Crippen molar-refractivity contribution in [3.63, 3.8) is 0 Å². The second kappa shape index (κ2) is 5.40. The molecule has 0 spiro atoms. The SMILES string of the molecule is CC[C@@H](N)c1ccc(N2CCN3C(=O)CCC3C2)cn1. The zero-order valence-corrected chi connectivity index (χ0v) is 12.0. The Bertz CT molecular complexity index is 487. The molecule has 5 heteroatoms. The number of hydrogen-bond acceptors (Lipinski definition) is 4. The fourth-order valence-corrected chi connectivity index (χ4v) is 3.11. The molecule has 2 aliphatic heterocycles. The van der Waals surface area contributed by atoms with E-state index in [9.17, 15) is 4.79 Å². The molecule has 1 aromatic heterocycles. The summed E-state index contributed by atoms with van der Waals surface area (Å²) in [4.78, 5) is 20.5. The van der Waals surface area contributed by atoms with Crippen LogP contribution < -0.4 is 10.6 Å². The highest BCUT2D eigenvalue weighted by molar-refractivity contribution is 5.79. The van der Waals surface area contributed by atoms with E-state index in [0.29, 0.717) is 18.4 Å². The molecule has 0 saturated carbocycles. The predicted octanol–water partition coefficient (Wildman–Crippen LogP) is 1.30. The standard InChI is InChI=1S/C15H22N4O/c1-2-13(16)14-5-3-11(9-17-14)18-7-8-19-12(10-18)4-6-15(19)20/h3,5,9,12-13H,2,4,6-8,10,16H2,1H3/t12?,13-/m1/s1. The van der Waals surface area contributed by atoms with Crippen LogP contribution in [-0.2, 0) is 4.79 Å². The molecular weight excluding hydrogens is 252 g/mol. The summed E-state index contributed by atoms with van der Waals surface area (Å²) in [7, 11) is 0. The Hall–Kier alpha value is -1.62. The monoisotopic (exact) mass is 274 g/mol. The van der Waals surface area contributed by atoms with Gasteiger partial charge < -0.3 is 15.5 Å². The fraction of sp³-hybridized carbons (Fsp3) is 0.600. The average molecular weight is 274 g/mol. The van der Waals surface area contributed by atoms with Gasteiger partial charge in [0, 0.05) is 38.1 Å². The van der Waals surface area contributed by atoms with E-state index in [1.807, 2.05) is 17.2 Å². The maximum Gasteiger partial charge on any atom is 0.223 e. The van der Waals surface area contributed by atoms with Crippen molar-refractivity contribution < 1.29 is 4.79 Å². The van der Waals surface area contributed by atoms with E-state index in [-0.39, 0.29) is 6.04 Å². The molecule has 2 N–H and O–H groups in total. The van der Waals surface area contributed by atoms with Crippen molar-refractivity contribution in [1.29, 1.82) is 0 Å². The van der Waals surface area contributed by atoms with Crippen LogP contribution in [0.15, 0.2) is 18.3 Å². The van der Waals surface area contributed by atoms with Crippen molar-refractivity contribution >= 4 is 11.6 Å². The van der Waals surface area contributed by atoms with Crippen LogP contribution in [0.25, 0.3) is 0 Å². The van der Waals surface area contributed by atoms with Crippen LogP contribution in [0.2, 0.25) is 0 Å².